The van der Waals surface area contributed by atoms with E-state index in [1.165, 1.54) is 0 Å². The normalized spacial score (nSPS) is 12.1. The molecule has 0 aromatic rings. The number of hydrogen-bond acceptors (Lipinski definition) is 4. The molecule has 0 aliphatic heterocycles. The molecule has 6 nitrogen and oxygen atoms in total. The largest absolute Gasteiger partial charge is 0.385 e. The summed E-state index contributed by atoms with van der Waals surface area (Å²) in [5.74, 6) is -0.292. The average Bonchev–Trinajstić information content (AvgIpc) is 2.33. The van der Waals surface area contributed by atoms with E-state index in [0.717, 1.165) is 19.3 Å². The van der Waals surface area contributed by atoms with Gasteiger partial charge in [0.25, 0.3) is 0 Å². The van der Waals surface area contributed by atoms with Crippen molar-refractivity contribution in [2.45, 2.75) is 38.6 Å². The monoisotopic (exact) mass is 259 g/mol. The molecule has 0 radical (unpaired) electrons. The number of primary amides is 1. The molecular formula is C12H25N3O3. The van der Waals surface area contributed by atoms with Crippen LogP contribution in [0, 0.1) is 0 Å². The van der Waals surface area contributed by atoms with Gasteiger partial charge < -0.3 is 21.1 Å². The number of carbonyl (C=O) groups excluding carboxylic acids is 2. The van der Waals surface area contributed by atoms with Gasteiger partial charge in [-0.1, -0.05) is 0 Å². The molecule has 0 bridgehead atoms. The van der Waals surface area contributed by atoms with E-state index in [4.69, 9.17) is 10.5 Å². The van der Waals surface area contributed by atoms with Crippen molar-refractivity contribution in [1.29, 1.82) is 0 Å². The minimum absolute atomic E-state index is 0.0130. The quantitative estimate of drug-likeness (QED) is 0.447. The van der Waals surface area contributed by atoms with Gasteiger partial charge >= 0.3 is 0 Å². The third-order valence-corrected chi connectivity index (χ3v) is 2.52. The molecule has 6 heteroatoms. The molecule has 0 spiro atoms. The maximum absolute atomic E-state index is 11.6. The molecular weight excluding hydrogens is 234 g/mol. The van der Waals surface area contributed by atoms with Crippen LogP contribution in [0.25, 0.3) is 0 Å². The summed E-state index contributed by atoms with van der Waals surface area (Å²) in [5, 5.41) is 5.92. The Kier molecular flexibility index (Phi) is 10.3. The average molecular weight is 259 g/mol. The highest BCUT2D eigenvalue weighted by Gasteiger charge is 2.10. The first-order chi connectivity index (χ1) is 8.57. The molecule has 18 heavy (non-hydrogen) atoms. The van der Waals surface area contributed by atoms with Crippen molar-refractivity contribution in [1.82, 2.24) is 10.6 Å². The molecule has 0 fully saturated rings. The van der Waals surface area contributed by atoms with E-state index in [1.807, 2.05) is 6.92 Å². The predicted octanol–water partition coefficient (Wildman–Crippen LogP) is -0.227. The van der Waals surface area contributed by atoms with E-state index >= 15 is 0 Å². The number of methoxy groups -OCH3 is 1. The van der Waals surface area contributed by atoms with Gasteiger partial charge in [-0.3, -0.25) is 9.59 Å². The van der Waals surface area contributed by atoms with Gasteiger partial charge in [0.2, 0.25) is 11.8 Å². The fourth-order valence-corrected chi connectivity index (χ4v) is 1.42. The van der Waals surface area contributed by atoms with Crippen molar-refractivity contribution in [2.75, 3.05) is 26.8 Å². The third-order valence-electron chi connectivity index (χ3n) is 2.52. The number of amides is 2. The summed E-state index contributed by atoms with van der Waals surface area (Å²) >= 11 is 0. The smallest absolute Gasteiger partial charge is 0.236 e. The van der Waals surface area contributed by atoms with Gasteiger partial charge in [-0.2, -0.15) is 0 Å². The first-order valence-corrected chi connectivity index (χ1v) is 6.36. The summed E-state index contributed by atoms with van der Waals surface area (Å²) < 4.78 is 4.89. The third kappa shape index (κ3) is 10.0. The lowest BCUT2D eigenvalue weighted by molar-refractivity contribution is -0.123. The van der Waals surface area contributed by atoms with Crippen LogP contribution in [-0.4, -0.2) is 44.7 Å². The second-order valence-electron chi connectivity index (χ2n) is 4.24. The molecule has 0 aliphatic carbocycles. The van der Waals surface area contributed by atoms with E-state index in [2.05, 4.69) is 10.6 Å². The van der Waals surface area contributed by atoms with Crippen LogP contribution >= 0.6 is 0 Å². The van der Waals surface area contributed by atoms with Gasteiger partial charge in [0.15, 0.2) is 0 Å². The van der Waals surface area contributed by atoms with Crippen LogP contribution in [0.3, 0.4) is 0 Å². The number of rotatable bonds is 11. The van der Waals surface area contributed by atoms with Gasteiger partial charge in [-0.15, -0.1) is 0 Å². The minimum Gasteiger partial charge on any atom is -0.385 e. The van der Waals surface area contributed by atoms with Crippen LogP contribution in [0.2, 0.25) is 0 Å². The topological polar surface area (TPSA) is 93.4 Å². The lowest BCUT2D eigenvalue weighted by atomic mass is 10.2. The van der Waals surface area contributed by atoms with Gasteiger partial charge in [0.1, 0.15) is 0 Å². The Morgan fingerprint density at radius 3 is 2.56 bits per heavy atom. The molecule has 0 aromatic carbocycles. The summed E-state index contributed by atoms with van der Waals surface area (Å²) in [4.78, 5) is 22.1. The number of nitrogens with two attached hydrogens (primary N) is 1. The number of unbranched alkanes of at least 4 members (excludes halogenated alkanes) is 1. The van der Waals surface area contributed by atoms with Crippen molar-refractivity contribution in [3.8, 4) is 0 Å². The number of ether oxygens (including phenoxy) is 1. The van der Waals surface area contributed by atoms with E-state index in [0.29, 0.717) is 26.1 Å². The Bertz CT molecular complexity index is 247. The first-order valence-electron chi connectivity index (χ1n) is 6.36. The van der Waals surface area contributed by atoms with Gasteiger partial charge in [0, 0.05) is 26.7 Å². The Morgan fingerprint density at radius 1 is 1.22 bits per heavy atom. The van der Waals surface area contributed by atoms with Gasteiger partial charge in [-0.25, -0.2) is 0 Å². The molecule has 0 aliphatic rings. The van der Waals surface area contributed by atoms with E-state index < -0.39 is 0 Å². The standard InChI is InChI=1S/C12H25N3O3/c1-10(12(17)15-8-5-9-18-2)14-7-4-3-6-11(13)16/h10,14H,3-9H2,1-2H3,(H2,13,16)(H,15,17). The van der Waals surface area contributed by atoms with Crippen LogP contribution in [0.5, 0.6) is 0 Å². The molecule has 1 unspecified atom stereocenters. The van der Waals surface area contributed by atoms with Crippen LogP contribution in [0.1, 0.15) is 32.6 Å². The highest BCUT2D eigenvalue weighted by atomic mass is 16.5. The van der Waals surface area contributed by atoms with Crippen LogP contribution in [0.4, 0.5) is 0 Å². The number of carbonyl (C=O) groups is 2. The summed E-state index contributed by atoms with van der Waals surface area (Å²) in [6.07, 6.45) is 2.81. The molecule has 2 amide bonds. The molecule has 0 saturated heterocycles. The summed E-state index contributed by atoms with van der Waals surface area (Å²) in [6, 6.07) is -0.221. The van der Waals surface area contributed by atoms with E-state index in [1.54, 1.807) is 7.11 Å². The zero-order chi connectivity index (χ0) is 13.8. The summed E-state index contributed by atoms with van der Waals surface area (Å²) in [6.45, 7) is 3.80. The molecule has 0 heterocycles. The molecule has 0 saturated carbocycles. The Balaban J connectivity index is 3.46. The van der Waals surface area contributed by atoms with Gasteiger partial charge in [-0.05, 0) is 32.7 Å². The van der Waals surface area contributed by atoms with Crippen molar-refractivity contribution in [3.05, 3.63) is 0 Å². The van der Waals surface area contributed by atoms with Crippen molar-refractivity contribution < 1.29 is 14.3 Å². The first kappa shape index (κ1) is 16.9. The van der Waals surface area contributed by atoms with Crippen molar-refractivity contribution >= 4 is 11.8 Å². The Labute approximate surface area is 109 Å². The summed E-state index contributed by atoms with van der Waals surface area (Å²) in [7, 11) is 1.64. The fourth-order valence-electron chi connectivity index (χ4n) is 1.42. The van der Waals surface area contributed by atoms with Crippen LogP contribution < -0.4 is 16.4 Å². The maximum Gasteiger partial charge on any atom is 0.236 e. The van der Waals surface area contributed by atoms with E-state index in [9.17, 15) is 9.59 Å². The lowest BCUT2D eigenvalue weighted by Gasteiger charge is -2.13. The maximum atomic E-state index is 11.6. The fraction of sp³-hybridized carbons (Fsp3) is 0.833. The molecule has 0 aromatic heterocycles. The minimum atomic E-state index is -0.279. The van der Waals surface area contributed by atoms with Crippen LogP contribution in [-0.2, 0) is 14.3 Å². The number of nitrogens with one attached hydrogen (secondary N) is 2. The van der Waals surface area contributed by atoms with Crippen LogP contribution in [0.15, 0.2) is 0 Å². The van der Waals surface area contributed by atoms with Crippen molar-refractivity contribution in [2.24, 2.45) is 5.73 Å². The molecule has 106 valence electrons. The zero-order valence-corrected chi connectivity index (χ0v) is 11.3. The molecule has 1 atom stereocenters. The molecule has 0 rings (SSSR count). The second-order valence-corrected chi connectivity index (χ2v) is 4.24. The molecule has 4 N–H and O–H groups in total. The number of hydrogen-bond donors (Lipinski definition) is 3. The highest BCUT2D eigenvalue weighted by molar-refractivity contribution is 5.81. The lowest BCUT2D eigenvalue weighted by Crippen LogP contribution is -2.42. The Morgan fingerprint density at radius 2 is 1.94 bits per heavy atom. The summed E-state index contributed by atoms with van der Waals surface area (Å²) in [5.41, 5.74) is 5.03. The predicted molar refractivity (Wildman–Crippen MR) is 70.0 cm³/mol. The SMILES string of the molecule is COCCCNC(=O)C(C)NCCCCC(N)=O. The van der Waals surface area contributed by atoms with E-state index in [-0.39, 0.29) is 17.9 Å². The van der Waals surface area contributed by atoms with Gasteiger partial charge in [0.05, 0.1) is 6.04 Å². The Hall–Kier alpha value is -1.14. The van der Waals surface area contributed by atoms with Crippen molar-refractivity contribution in [3.63, 3.8) is 0 Å². The second kappa shape index (κ2) is 11.0. The highest BCUT2D eigenvalue weighted by Crippen LogP contribution is 1.93. The zero-order valence-electron chi connectivity index (χ0n) is 11.3.